The molecule has 0 radical (unpaired) electrons. The number of amides is 1. The number of carbonyl (C=O) groups is 1. The van der Waals surface area contributed by atoms with E-state index in [2.05, 4.69) is 15.5 Å². The highest BCUT2D eigenvalue weighted by atomic mass is 32.2. The second-order valence-corrected chi connectivity index (χ2v) is 5.87. The van der Waals surface area contributed by atoms with Gasteiger partial charge >= 0.3 is 0 Å². The molecule has 2 aromatic carbocycles. The molecule has 0 aliphatic heterocycles. The van der Waals surface area contributed by atoms with E-state index >= 15 is 0 Å². The number of hydrogen-bond donors (Lipinski definition) is 1. The van der Waals surface area contributed by atoms with Gasteiger partial charge in [0.15, 0.2) is 5.58 Å². The number of carbonyl (C=O) groups excluding carboxylic acids is 1. The number of rotatable bonds is 5. The van der Waals surface area contributed by atoms with E-state index in [1.807, 2.05) is 55.5 Å². The quantitative estimate of drug-likeness (QED) is 0.444. The van der Waals surface area contributed by atoms with Gasteiger partial charge in [0, 0.05) is 0 Å². The smallest absolute Gasteiger partial charge is 0.257 e. The van der Waals surface area contributed by atoms with Gasteiger partial charge < -0.3 is 4.42 Å². The monoisotopic (exact) mass is 325 g/mol. The molecular formula is C17H15N3O2S. The summed E-state index contributed by atoms with van der Waals surface area (Å²) in [5.41, 5.74) is 6.08. The first kappa shape index (κ1) is 15.3. The van der Waals surface area contributed by atoms with Crippen LogP contribution >= 0.6 is 11.8 Å². The van der Waals surface area contributed by atoms with Gasteiger partial charge in [-0.25, -0.2) is 10.4 Å². The van der Waals surface area contributed by atoms with Crippen molar-refractivity contribution in [3.63, 3.8) is 0 Å². The standard InChI is InChI=1S/C17H15N3O2S/c1-12-5-4-6-13(9-12)10-18-20-16(21)11-23-17-19-14-7-2-3-8-15(14)22-17/h2-10H,11H2,1H3,(H,20,21). The molecule has 0 aliphatic carbocycles. The first-order chi connectivity index (χ1) is 11.2. The lowest BCUT2D eigenvalue weighted by atomic mass is 10.2. The van der Waals surface area contributed by atoms with Crippen LogP contribution in [0.4, 0.5) is 0 Å². The molecule has 0 saturated heterocycles. The molecule has 3 aromatic rings. The molecule has 0 saturated carbocycles. The van der Waals surface area contributed by atoms with Crippen molar-refractivity contribution in [2.45, 2.75) is 12.1 Å². The molecule has 1 amide bonds. The molecule has 0 aliphatic rings. The van der Waals surface area contributed by atoms with E-state index in [1.54, 1.807) is 6.21 Å². The first-order valence-electron chi connectivity index (χ1n) is 7.08. The lowest BCUT2D eigenvalue weighted by Gasteiger charge is -1.98. The van der Waals surface area contributed by atoms with Crippen molar-refractivity contribution < 1.29 is 9.21 Å². The highest BCUT2D eigenvalue weighted by molar-refractivity contribution is 7.99. The van der Waals surface area contributed by atoms with E-state index < -0.39 is 0 Å². The van der Waals surface area contributed by atoms with Crippen molar-refractivity contribution in [1.29, 1.82) is 0 Å². The Morgan fingerprint density at radius 2 is 2.17 bits per heavy atom. The Labute approximate surface area is 137 Å². The number of aromatic nitrogens is 1. The van der Waals surface area contributed by atoms with Crippen LogP contribution in [0.3, 0.4) is 0 Å². The fourth-order valence-corrected chi connectivity index (χ4v) is 2.63. The van der Waals surface area contributed by atoms with Crippen molar-refractivity contribution in [3.8, 4) is 0 Å². The van der Waals surface area contributed by atoms with Gasteiger partial charge in [-0.05, 0) is 24.6 Å². The van der Waals surface area contributed by atoms with Gasteiger partial charge in [0.05, 0.1) is 12.0 Å². The summed E-state index contributed by atoms with van der Waals surface area (Å²) in [6, 6.07) is 15.4. The summed E-state index contributed by atoms with van der Waals surface area (Å²) in [6.45, 7) is 2.01. The number of aryl methyl sites for hydroxylation is 1. The highest BCUT2D eigenvalue weighted by Crippen LogP contribution is 2.22. The molecule has 5 nitrogen and oxygen atoms in total. The molecular weight excluding hydrogens is 310 g/mol. The third kappa shape index (κ3) is 4.20. The number of oxazole rings is 1. The molecule has 0 fully saturated rings. The maximum Gasteiger partial charge on any atom is 0.257 e. The number of nitrogens with zero attached hydrogens (tertiary/aromatic N) is 2. The van der Waals surface area contributed by atoms with Crippen LogP contribution in [0.2, 0.25) is 0 Å². The lowest BCUT2D eigenvalue weighted by molar-refractivity contribution is -0.118. The summed E-state index contributed by atoms with van der Waals surface area (Å²) in [5, 5.41) is 4.42. The first-order valence-corrected chi connectivity index (χ1v) is 8.06. The fourth-order valence-electron chi connectivity index (χ4n) is 2.00. The van der Waals surface area contributed by atoms with Gasteiger partial charge in [0.2, 0.25) is 0 Å². The second-order valence-electron chi connectivity index (χ2n) is 4.94. The minimum Gasteiger partial charge on any atom is -0.431 e. The summed E-state index contributed by atoms with van der Waals surface area (Å²) < 4.78 is 5.54. The van der Waals surface area contributed by atoms with Gasteiger partial charge in [0.25, 0.3) is 11.1 Å². The zero-order valence-corrected chi connectivity index (χ0v) is 13.3. The topological polar surface area (TPSA) is 67.5 Å². The van der Waals surface area contributed by atoms with Crippen molar-refractivity contribution in [3.05, 3.63) is 59.7 Å². The molecule has 0 spiro atoms. The number of thioether (sulfide) groups is 1. The maximum atomic E-state index is 11.8. The molecule has 1 aromatic heterocycles. The average molecular weight is 325 g/mol. The summed E-state index contributed by atoms with van der Waals surface area (Å²) in [7, 11) is 0. The molecule has 0 bridgehead atoms. The largest absolute Gasteiger partial charge is 0.431 e. The number of nitrogens with one attached hydrogen (secondary N) is 1. The average Bonchev–Trinajstić information content (AvgIpc) is 2.96. The highest BCUT2D eigenvalue weighted by Gasteiger charge is 2.08. The van der Waals surface area contributed by atoms with Crippen LogP contribution < -0.4 is 5.43 Å². The Morgan fingerprint density at radius 3 is 3.00 bits per heavy atom. The van der Waals surface area contributed by atoms with E-state index in [-0.39, 0.29) is 11.7 Å². The third-order valence-corrected chi connectivity index (χ3v) is 3.87. The minimum absolute atomic E-state index is 0.192. The van der Waals surface area contributed by atoms with Crippen molar-refractivity contribution >= 4 is 35.0 Å². The van der Waals surface area contributed by atoms with Gasteiger partial charge in [-0.3, -0.25) is 4.79 Å². The zero-order valence-electron chi connectivity index (χ0n) is 12.5. The van der Waals surface area contributed by atoms with E-state index in [0.29, 0.717) is 10.8 Å². The molecule has 0 atom stereocenters. The molecule has 1 heterocycles. The number of para-hydroxylation sites is 2. The maximum absolute atomic E-state index is 11.8. The number of hydrogen-bond acceptors (Lipinski definition) is 5. The van der Waals surface area contributed by atoms with E-state index in [9.17, 15) is 4.79 Å². The van der Waals surface area contributed by atoms with E-state index in [4.69, 9.17) is 4.42 Å². The SMILES string of the molecule is Cc1cccc(C=NNC(=O)CSc2nc3ccccc3o2)c1. The van der Waals surface area contributed by atoms with E-state index in [1.165, 1.54) is 11.8 Å². The predicted molar refractivity (Wildman–Crippen MR) is 91.6 cm³/mol. The van der Waals surface area contributed by atoms with E-state index in [0.717, 1.165) is 16.6 Å². The Bertz CT molecular complexity index is 825. The molecule has 1 N–H and O–H groups in total. The van der Waals surface area contributed by atoms with Gasteiger partial charge in [0.1, 0.15) is 5.52 Å². The number of benzene rings is 2. The summed E-state index contributed by atoms with van der Waals surface area (Å²) in [4.78, 5) is 16.1. The molecule has 116 valence electrons. The second kappa shape index (κ2) is 7.11. The zero-order chi connectivity index (χ0) is 16.1. The molecule has 3 rings (SSSR count). The Balaban J connectivity index is 1.51. The lowest BCUT2D eigenvalue weighted by Crippen LogP contribution is -2.19. The van der Waals surface area contributed by atoms with Crippen molar-refractivity contribution in [1.82, 2.24) is 10.4 Å². The van der Waals surface area contributed by atoms with Gasteiger partial charge in [-0.15, -0.1) is 0 Å². The molecule has 6 heteroatoms. The summed E-state index contributed by atoms with van der Waals surface area (Å²) in [6.07, 6.45) is 1.62. The van der Waals surface area contributed by atoms with Gasteiger partial charge in [-0.1, -0.05) is 53.7 Å². The third-order valence-electron chi connectivity index (χ3n) is 3.05. The minimum atomic E-state index is -0.207. The normalized spacial score (nSPS) is 11.2. The van der Waals surface area contributed by atoms with Crippen LogP contribution in [0.1, 0.15) is 11.1 Å². The van der Waals surface area contributed by atoms with Crippen LogP contribution in [0, 0.1) is 6.92 Å². The van der Waals surface area contributed by atoms with Crippen LogP contribution in [-0.4, -0.2) is 22.9 Å². The predicted octanol–water partition coefficient (Wildman–Crippen LogP) is 3.38. The Kier molecular flexibility index (Phi) is 4.73. The molecule has 23 heavy (non-hydrogen) atoms. The Morgan fingerprint density at radius 1 is 1.30 bits per heavy atom. The molecule has 0 unspecified atom stereocenters. The number of hydrazone groups is 1. The van der Waals surface area contributed by atoms with Gasteiger partial charge in [-0.2, -0.15) is 5.10 Å². The fraction of sp³-hybridized carbons (Fsp3) is 0.118. The van der Waals surface area contributed by atoms with Crippen LogP contribution in [0.5, 0.6) is 0 Å². The van der Waals surface area contributed by atoms with Crippen LogP contribution in [-0.2, 0) is 4.79 Å². The van der Waals surface area contributed by atoms with Crippen LogP contribution in [0.25, 0.3) is 11.1 Å². The summed E-state index contributed by atoms with van der Waals surface area (Å²) >= 11 is 1.24. The van der Waals surface area contributed by atoms with Crippen LogP contribution in [0.15, 0.2) is 63.3 Å². The Hall–Kier alpha value is -2.60. The summed E-state index contributed by atoms with van der Waals surface area (Å²) in [5.74, 6) is -0.0148. The van der Waals surface area contributed by atoms with Crippen molar-refractivity contribution in [2.75, 3.05) is 5.75 Å². The van der Waals surface area contributed by atoms with Crippen molar-refractivity contribution in [2.24, 2.45) is 5.10 Å². The number of fused-ring (bicyclic) bond motifs is 1.